The van der Waals surface area contributed by atoms with Crippen LogP contribution in [0.3, 0.4) is 0 Å². The lowest BCUT2D eigenvalue weighted by atomic mass is 10.2. The van der Waals surface area contributed by atoms with Gasteiger partial charge in [0.15, 0.2) is 5.82 Å². The van der Waals surface area contributed by atoms with E-state index in [2.05, 4.69) is 15.5 Å². The van der Waals surface area contributed by atoms with Crippen molar-refractivity contribution in [1.82, 2.24) is 20.2 Å². The van der Waals surface area contributed by atoms with E-state index in [4.69, 9.17) is 21.6 Å². The number of para-hydroxylation sites is 1. The highest BCUT2D eigenvalue weighted by molar-refractivity contribution is 6.32. The Morgan fingerprint density at radius 2 is 2.00 bits per heavy atom. The monoisotopic (exact) mass is 311 g/mol. The molecular formula is C15H10ClN5O. The third-order valence-corrected chi connectivity index (χ3v) is 3.25. The summed E-state index contributed by atoms with van der Waals surface area (Å²) in [6.45, 7) is 0.160. The summed E-state index contributed by atoms with van der Waals surface area (Å²) in [5.41, 5.74) is 1.32. The first-order chi connectivity index (χ1) is 10.8. The molecule has 2 aromatic carbocycles. The van der Waals surface area contributed by atoms with Crippen molar-refractivity contribution in [2.24, 2.45) is 0 Å². The molecule has 0 unspecified atom stereocenters. The number of aromatic nitrogens is 4. The van der Waals surface area contributed by atoms with E-state index >= 15 is 0 Å². The van der Waals surface area contributed by atoms with E-state index in [1.165, 1.54) is 0 Å². The second kappa shape index (κ2) is 6.24. The molecule has 0 saturated heterocycles. The summed E-state index contributed by atoms with van der Waals surface area (Å²) in [5, 5.41) is 20.8. The first kappa shape index (κ1) is 14.0. The van der Waals surface area contributed by atoms with Crippen molar-refractivity contribution < 1.29 is 4.74 Å². The molecule has 0 aliphatic carbocycles. The molecule has 3 rings (SSSR count). The number of ether oxygens (including phenoxy) is 1. The maximum Gasteiger partial charge on any atom is 0.194 e. The van der Waals surface area contributed by atoms with Crippen molar-refractivity contribution in [3.8, 4) is 17.5 Å². The quantitative estimate of drug-likeness (QED) is 0.740. The fourth-order valence-corrected chi connectivity index (χ4v) is 2.13. The summed E-state index contributed by atoms with van der Waals surface area (Å²) in [6.07, 6.45) is 0. The number of hydrogen-bond acceptors (Lipinski definition) is 5. The average Bonchev–Trinajstić information content (AvgIpc) is 3.03. The number of tetrazole rings is 1. The first-order valence-corrected chi connectivity index (χ1v) is 6.81. The van der Waals surface area contributed by atoms with Crippen molar-refractivity contribution >= 4 is 11.6 Å². The topological polar surface area (TPSA) is 76.6 Å². The minimum absolute atomic E-state index is 0.160. The molecule has 0 radical (unpaired) electrons. The lowest BCUT2D eigenvalue weighted by molar-refractivity contribution is 0.292. The fraction of sp³-hybridized carbons (Fsp3) is 0.0667. The Kier molecular flexibility index (Phi) is 3.99. The van der Waals surface area contributed by atoms with E-state index in [9.17, 15) is 0 Å². The zero-order chi connectivity index (χ0) is 15.4. The molecular weight excluding hydrogens is 302 g/mol. The van der Waals surface area contributed by atoms with Crippen molar-refractivity contribution in [1.29, 1.82) is 5.26 Å². The molecule has 0 saturated carbocycles. The van der Waals surface area contributed by atoms with Gasteiger partial charge in [-0.25, -0.2) is 0 Å². The molecule has 0 bridgehead atoms. The van der Waals surface area contributed by atoms with Gasteiger partial charge in [0.1, 0.15) is 12.4 Å². The van der Waals surface area contributed by atoms with E-state index in [1.54, 1.807) is 22.9 Å². The minimum atomic E-state index is 0.160. The molecule has 1 aromatic heterocycles. The van der Waals surface area contributed by atoms with Crippen molar-refractivity contribution in [2.45, 2.75) is 6.61 Å². The molecule has 1 heterocycles. The molecule has 3 aromatic rings. The summed E-state index contributed by atoms with van der Waals surface area (Å²) in [5.74, 6) is 1.02. The number of nitriles is 1. The number of benzene rings is 2. The van der Waals surface area contributed by atoms with Gasteiger partial charge in [-0.2, -0.15) is 9.94 Å². The van der Waals surface area contributed by atoms with Gasteiger partial charge in [0.2, 0.25) is 0 Å². The van der Waals surface area contributed by atoms with Gasteiger partial charge in [-0.05, 0) is 40.8 Å². The molecule has 0 spiro atoms. The predicted molar refractivity (Wildman–Crippen MR) is 79.7 cm³/mol. The van der Waals surface area contributed by atoms with Crippen molar-refractivity contribution in [3.05, 3.63) is 64.9 Å². The van der Waals surface area contributed by atoms with Gasteiger partial charge in [-0.3, -0.25) is 0 Å². The SMILES string of the molecule is N#Cc1ccc(OCc2nnnn2-c2ccccc2)c(Cl)c1. The van der Waals surface area contributed by atoms with Gasteiger partial charge in [0, 0.05) is 0 Å². The molecule has 6 nitrogen and oxygen atoms in total. The highest BCUT2D eigenvalue weighted by Crippen LogP contribution is 2.26. The van der Waals surface area contributed by atoms with Gasteiger partial charge in [-0.15, -0.1) is 5.10 Å². The zero-order valence-corrected chi connectivity index (χ0v) is 12.1. The second-order valence-corrected chi connectivity index (χ2v) is 4.80. The van der Waals surface area contributed by atoms with Crippen LogP contribution in [0.4, 0.5) is 0 Å². The third-order valence-electron chi connectivity index (χ3n) is 2.95. The highest BCUT2D eigenvalue weighted by atomic mass is 35.5. The average molecular weight is 312 g/mol. The molecule has 0 aliphatic heterocycles. The molecule has 0 atom stereocenters. The second-order valence-electron chi connectivity index (χ2n) is 4.39. The normalized spacial score (nSPS) is 10.2. The van der Waals surface area contributed by atoms with E-state index in [0.29, 0.717) is 22.2 Å². The largest absolute Gasteiger partial charge is 0.484 e. The Morgan fingerprint density at radius 3 is 2.73 bits per heavy atom. The first-order valence-electron chi connectivity index (χ1n) is 6.43. The van der Waals surface area contributed by atoms with Crippen LogP contribution in [0.2, 0.25) is 5.02 Å². The van der Waals surface area contributed by atoms with E-state index in [0.717, 1.165) is 5.69 Å². The Hall–Kier alpha value is -2.91. The summed E-state index contributed by atoms with van der Waals surface area (Å²) < 4.78 is 7.23. The molecule has 0 fully saturated rings. The third kappa shape index (κ3) is 2.90. The molecule has 7 heteroatoms. The van der Waals surface area contributed by atoms with Crippen LogP contribution in [0.25, 0.3) is 5.69 Å². The molecule has 108 valence electrons. The maximum absolute atomic E-state index is 8.82. The van der Waals surface area contributed by atoms with Gasteiger partial charge in [0.25, 0.3) is 0 Å². The van der Waals surface area contributed by atoms with Crippen molar-refractivity contribution in [2.75, 3.05) is 0 Å². The van der Waals surface area contributed by atoms with Gasteiger partial charge < -0.3 is 4.74 Å². The van der Waals surface area contributed by atoms with Crippen LogP contribution in [0.1, 0.15) is 11.4 Å². The van der Waals surface area contributed by atoms with Crippen LogP contribution in [-0.4, -0.2) is 20.2 Å². The number of rotatable bonds is 4. The van der Waals surface area contributed by atoms with Crippen LogP contribution in [0, 0.1) is 11.3 Å². The Labute approximate surface area is 131 Å². The fourth-order valence-electron chi connectivity index (χ4n) is 1.90. The maximum atomic E-state index is 8.82. The lowest BCUT2D eigenvalue weighted by Gasteiger charge is -2.08. The van der Waals surface area contributed by atoms with Gasteiger partial charge in [0.05, 0.1) is 22.3 Å². The van der Waals surface area contributed by atoms with Crippen LogP contribution in [0.5, 0.6) is 5.75 Å². The summed E-state index contributed by atoms with van der Waals surface area (Å²) in [6, 6.07) is 16.4. The molecule has 0 amide bonds. The van der Waals surface area contributed by atoms with Crippen LogP contribution >= 0.6 is 11.6 Å². The summed E-state index contributed by atoms with van der Waals surface area (Å²) in [7, 11) is 0. The number of halogens is 1. The molecule has 0 aliphatic rings. The summed E-state index contributed by atoms with van der Waals surface area (Å²) >= 11 is 6.07. The van der Waals surface area contributed by atoms with Crippen LogP contribution in [-0.2, 0) is 6.61 Å². The van der Waals surface area contributed by atoms with Gasteiger partial charge in [-0.1, -0.05) is 29.8 Å². The van der Waals surface area contributed by atoms with Crippen LogP contribution < -0.4 is 4.74 Å². The molecule has 22 heavy (non-hydrogen) atoms. The Bertz CT molecular complexity index is 825. The van der Waals surface area contributed by atoms with E-state index < -0.39 is 0 Å². The van der Waals surface area contributed by atoms with E-state index in [1.807, 2.05) is 36.4 Å². The van der Waals surface area contributed by atoms with E-state index in [-0.39, 0.29) is 6.61 Å². The Morgan fingerprint density at radius 1 is 1.18 bits per heavy atom. The standard InChI is InChI=1S/C15H10ClN5O/c16-13-8-11(9-17)6-7-14(13)22-10-15-18-19-20-21(15)12-4-2-1-3-5-12/h1-8H,10H2. The Balaban J connectivity index is 1.79. The number of nitrogens with zero attached hydrogens (tertiary/aromatic N) is 5. The highest BCUT2D eigenvalue weighted by Gasteiger charge is 2.10. The minimum Gasteiger partial charge on any atom is -0.484 e. The van der Waals surface area contributed by atoms with Crippen molar-refractivity contribution in [3.63, 3.8) is 0 Å². The summed E-state index contributed by atoms with van der Waals surface area (Å²) in [4.78, 5) is 0. The van der Waals surface area contributed by atoms with Gasteiger partial charge >= 0.3 is 0 Å². The zero-order valence-electron chi connectivity index (χ0n) is 11.3. The molecule has 0 N–H and O–H groups in total. The predicted octanol–water partition coefficient (Wildman–Crippen LogP) is 2.77. The number of hydrogen-bond donors (Lipinski definition) is 0. The smallest absolute Gasteiger partial charge is 0.194 e. The lowest BCUT2D eigenvalue weighted by Crippen LogP contribution is -2.07. The van der Waals surface area contributed by atoms with Crippen LogP contribution in [0.15, 0.2) is 48.5 Å².